The summed E-state index contributed by atoms with van der Waals surface area (Å²) in [6.07, 6.45) is 5.75. The van der Waals surface area contributed by atoms with Crippen molar-refractivity contribution in [1.29, 1.82) is 0 Å². The first-order valence-electron chi connectivity index (χ1n) is 10.9. The van der Waals surface area contributed by atoms with E-state index in [1.807, 2.05) is 36.4 Å². The number of rotatable bonds is 7. The molecule has 1 aliphatic carbocycles. The van der Waals surface area contributed by atoms with Gasteiger partial charge in [-0.2, -0.15) is 0 Å². The SMILES string of the molecule is CC(C)(C)S(=O)(=O)Nc1ccc(CNc2cccc(C(=O)NC3CCCCC3)c2)cc1. The van der Waals surface area contributed by atoms with Gasteiger partial charge in [0.15, 0.2) is 0 Å². The van der Waals surface area contributed by atoms with E-state index < -0.39 is 14.8 Å². The molecule has 2 aromatic carbocycles. The number of carbonyl (C=O) groups is 1. The van der Waals surface area contributed by atoms with E-state index in [1.54, 1.807) is 32.9 Å². The highest BCUT2D eigenvalue weighted by Gasteiger charge is 2.28. The lowest BCUT2D eigenvalue weighted by Gasteiger charge is -2.22. The zero-order valence-corrected chi connectivity index (χ0v) is 19.4. The van der Waals surface area contributed by atoms with Crippen LogP contribution in [0.4, 0.5) is 11.4 Å². The van der Waals surface area contributed by atoms with Gasteiger partial charge in [-0.15, -0.1) is 0 Å². The van der Waals surface area contributed by atoms with Crippen LogP contribution in [0.5, 0.6) is 0 Å². The molecule has 0 spiro atoms. The Balaban J connectivity index is 1.56. The van der Waals surface area contributed by atoms with Crippen molar-refractivity contribution >= 4 is 27.3 Å². The normalized spacial score (nSPS) is 15.3. The fraction of sp³-hybridized carbons (Fsp3) is 0.458. The van der Waals surface area contributed by atoms with E-state index in [4.69, 9.17) is 0 Å². The maximum atomic E-state index is 12.6. The van der Waals surface area contributed by atoms with Crippen molar-refractivity contribution in [3.05, 3.63) is 59.7 Å². The number of anilines is 2. The van der Waals surface area contributed by atoms with Gasteiger partial charge in [-0.1, -0.05) is 37.5 Å². The summed E-state index contributed by atoms with van der Waals surface area (Å²) >= 11 is 0. The quantitative estimate of drug-likeness (QED) is 0.568. The Morgan fingerprint density at radius 3 is 2.29 bits per heavy atom. The Labute approximate surface area is 185 Å². The molecule has 0 saturated heterocycles. The van der Waals surface area contributed by atoms with Crippen LogP contribution >= 0.6 is 0 Å². The van der Waals surface area contributed by atoms with Gasteiger partial charge in [0, 0.05) is 29.5 Å². The summed E-state index contributed by atoms with van der Waals surface area (Å²) in [5, 5.41) is 6.48. The number of hydrogen-bond donors (Lipinski definition) is 3. The second-order valence-electron chi connectivity index (χ2n) is 9.16. The Morgan fingerprint density at radius 1 is 0.968 bits per heavy atom. The molecule has 31 heavy (non-hydrogen) atoms. The smallest absolute Gasteiger partial charge is 0.251 e. The van der Waals surface area contributed by atoms with E-state index in [1.165, 1.54) is 19.3 Å². The molecule has 1 aliphatic rings. The first kappa shape index (κ1) is 23.1. The van der Waals surface area contributed by atoms with E-state index in [-0.39, 0.29) is 11.9 Å². The first-order chi connectivity index (χ1) is 14.6. The van der Waals surface area contributed by atoms with Gasteiger partial charge < -0.3 is 10.6 Å². The molecule has 0 heterocycles. The average Bonchev–Trinajstić information content (AvgIpc) is 2.73. The molecular weight excluding hydrogens is 410 g/mol. The number of hydrogen-bond acceptors (Lipinski definition) is 4. The minimum atomic E-state index is -3.45. The average molecular weight is 444 g/mol. The predicted molar refractivity (Wildman–Crippen MR) is 127 cm³/mol. The van der Waals surface area contributed by atoms with Crippen LogP contribution in [0.2, 0.25) is 0 Å². The third-order valence-electron chi connectivity index (χ3n) is 5.57. The predicted octanol–water partition coefficient (Wildman–Crippen LogP) is 4.90. The summed E-state index contributed by atoms with van der Waals surface area (Å²) in [6, 6.07) is 15.1. The summed E-state index contributed by atoms with van der Waals surface area (Å²) in [6.45, 7) is 5.56. The maximum Gasteiger partial charge on any atom is 0.251 e. The van der Waals surface area contributed by atoms with Crippen LogP contribution in [-0.2, 0) is 16.6 Å². The molecule has 3 rings (SSSR count). The van der Waals surface area contributed by atoms with Crippen LogP contribution < -0.4 is 15.4 Å². The molecule has 6 nitrogen and oxygen atoms in total. The van der Waals surface area contributed by atoms with Gasteiger partial charge in [0.1, 0.15) is 0 Å². The van der Waals surface area contributed by atoms with Crippen molar-refractivity contribution in [2.24, 2.45) is 0 Å². The van der Waals surface area contributed by atoms with Crippen molar-refractivity contribution in [2.45, 2.75) is 70.2 Å². The summed E-state index contributed by atoms with van der Waals surface area (Å²) in [7, 11) is -3.45. The Morgan fingerprint density at radius 2 is 1.65 bits per heavy atom. The number of benzene rings is 2. The highest BCUT2D eigenvalue weighted by atomic mass is 32.2. The molecule has 0 aliphatic heterocycles. The van der Waals surface area contributed by atoms with Gasteiger partial charge in [0.05, 0.1) is 4.75 Å². The minimum Gasteiger partial charge on any atom is -0.381 e. The first-order valence-corrected chi connectivity index (χ1v) is 12.4. The Bertz CT molecular complexity index is 989. The zero-order chi connectivity index (χ0) is 22.5. The van der Waals surface area contributed by atoms with E-state index >= 15 is 0 Å². The molecular formula is C24H33N3O3S. The lowest BCUT2D eigenvalue weighted by molar-refractivity contribution is 0.0927. The van der Waals surface area contributed by atoms with Gasteiger partial charge >= 0.3 is 0 Å². The van der Waals surface area contributed by atoms with Gasteiger partial charge in [-0.25, -0.2) is 8.42 Å². The lowest BCUT2D eigenvalue weighted by Crippen LogP contribution is -2.36. The van der Waals surface area contributed by atoms with E-state index in [0.717, 1.165) is 24.1 Å². The number of amides is 1. The van der Waals surface area contributed by atoms with Crippen molar-refractivity contribution in [3.63, 3.8) is 0 Å². The van der Waals surface area contributed by atoms with Gasteiger partial charge in [0.2, 0.25) is 10.0 Å². The van der Waals surface area contributed by atoms with Gasteiger partial charge in [0.25, 0.3) is 5.91 Å². The summed E-state index contributed by atoms with van der Waals surface area (Å²) < 4.78 is 26.3. The van der Waals surface area contributed by atoms with E-state index in [0.29, 0.717) is 17.8 Å². The monoisotopic (exact) mass is 443 g/mol. The summed E-state index contributed by atoms with van der Waals surface area (Å²) in [5.74, 6) is -0.0222. The van der Waals surface area contributed by atoms with Crippen molar-refractivity contribution in [2.75, 3.05) is 10.0 Å². The molecule has 2 aromatic rings. The van der Waals surface area contributed by atoms with Crippen LogP contribution in [0.3, 0.4) is 0 Å². The van der Waals surface area contributed by atoms with Crippen LogP contribution in [0.1, 0.15) is 68.8 Å². The van der Waals surface area contributed by atoms with E-state index in [9.17, 15) is 13.2 Å². The van der Waals surface area contributed by atoms with Crippen molar-refractivity contribution in [3.8, 4) is 0 Å². The van der Waals surface area contributed by atoms with Crippen molar-refractivity contribution < 1.29 is 13.2 Å². The molecule has 3 N–H and O–H groups in total. The lowest BCUT2D eigenvalue weighted by atomic mass is 9.95. The van der Waals surface area contributed by atoms with Crippen LogP contribution in [-0.4, -0.2) is 25.1 Å². The number of sulfonamides is 1. The Hall–Kier alpha value is -2.54. The fourth-order valence-corrected chi connectivity index (χ4v) is 4.24. The molecule has 1 amide bonds. The second-order valence-corrected chi connectivity index (χ2v) is 11.6. The highest BCUT2D eigenvalue weighted by Crippen LogP contribution is 2.21. The fourth-order valence-electron chi connectivity index (χ4n) is 3.49. The van der Waals surface area contributed by atoms with Crippen LogP contribution in [0.25, 0.3) is 0 Å². The topological polar surface area (TPSA) is 87.3 Å². The summed E-state index contributed by atoms with van der Waals surface area (Å²) in [5.41, 5.74) is 3.08. The zero-order valence-electron chi connectivity index (χ0n) is 18.6. The van der Waals surface area contributed by atoms with Crippen LogP contribution in [0, 0.1) is 0 Å². The second kappa shape index (κ2) is 9.73. The third-order valence-corrected chi connectivity index (χ3v) is 7.69. The molecule has 1 fully saturated rings. The largest absolute Gasteiger partial charge is 0.381 e. The number of carbonyl (C=O) groups excluding carboxylic acids is 1. The highest BCUT2D eigenvalue weighted by molar-refractivity contribution is 7.94. The van der Waals surface area contributed by atoms with Crippen LogP contribution in [0.15, 0.2) is 48.5 Å². The summed E-state index contributed by atoms with van der Waals surface area (Å²) in [4.78, 5) is 12.6. The number of nitrogens with one attached hydrogen (secondary N) is 3. The molecule has 0 bridgehead atoms. The molecule has 0 unspecified atom stereocenters. The standard InChI is InChI=1S/C24H33N3O3S/c1-24(2,3)31(29,30)27-21-14-12-18(13-15-21)17-25-22-11-7-8-19(16-22)23(28)26-20-9-5-4-6-10-20/h7-8,11-16,20,25,27H,4-6,9-10,17H2,1-3H3,(H,26,28). The molecule has 0 atom stereocenters. The maximum absolute atomic E-state index is 12.6. The Kier molecular flexibility index (Phi) is 7.26. The molecule has 1 saturated carbocycles. The van der Waals surface area contributed by atoms with Crippen molar-refractivity contribution in [1.82, 2.24) is 5.32 Å². The van der Waals surface area contributed by atoms with Gasteiger partial charge in [-0.3, -0.25) is 9.52 Å². The molecule has 7 heteroatoms. The minimum absolute atomic E-state index is 0.0222. The molecule has 0 aromatic heterocycles. The molecule has 168 valence electrons. The van der Waals surface area contributed by atoms with Gasteiger partial charge in [-0.05, 0) is 69.5 Å². The third kappa shape index (κ3) is 6.47. The molecule has 0 radical (unpaired) electrons. The van der Waals surface area contributed by atoms with E-state index in [2.05, 4.69) is 15.4 Å².